The number of aromatic nitrogens is 4. The van der Waals surface area contributed by atoms with E-state index in [0.717, 1.165) is 5.56 Å². The Bertz CT molecular complexity index is 997. The zero-order valence-electron chi connectivity index (χ0n) is 17.9. The van der Waals surface area contributed by atoms with Gasteiger partial charge in [0.2, 0.25) is 11.9 Å². The molecule has 2 aromatic heterocycles. The van der Waals surface area contributed by atoms with Crippen molar-refractivity contribution in [3.63, 3.8) is 0 Å². The van der Waals surface area contributed by atoms with Crippen LogP contribution < -0.4 is 15.5 Å². The van der Waals surface area contributed by atoms with Gasteiger partial charge < -0.3 is 15.5 Å². The van der Waals surface area contributed by atoms with Gasteiger partial charge in [-0.1, -0.05) is 13.8 Å². The first kappa shape index (κ1) is 21.4. The van der Waals surface area contributed by atoms with Crippen molar-refractivity contribution in [2.45, 2.75) is 58.9 Å². The Morgan fingerprint density at radius 2 is 2.03 bits per heavy atom. The maximum absolute atomic E-state index is 13.2. The number of nitrogens with one attached hydrogen (secondary N) is 2. The van der Waals surface area contributed by atoms with Crippen molar-refractivity contribution in [1.82, 2.24) is 19.7 Å². The van der Waals surface area contributed by atoms with Crippen molar-refractivity contribution in [3.8, 4) is 0 Å². The van der Waals surface area contributed by atoms with Crippen LogP contribution in [0.1, 0.15) is 37.9 Å². The number of likely N-dealkylation sites (N-methyl/N-ethyl adjacent to an activating group) is 1. The molecule has 0 bridgehead atoms. The zero-order valence-corrected chi connectivity index (χ0v) is 17.9. The van der Waals surface area contributed by atoms with E-state index in [1.807, 2.05) is 25.8 Å². The highest BCUT2D eigenvalue weighted by atomic mass is 19.4. The van der Waals surface area contributed by atoms with Crippen molar-refractivity contribution >= 4 is 23.4 Å². The summed E-state index contributed by atoms with van der Waals surface area (Å²) in [6.45, 7) is 5.90. The van der Waals surface area contributed by atoms with E-state index >= 15 is 0 Å². The Balaban J connectivity index is 1.46. The molecule has 1 aliphatic heterocycles. The van der Waals surface area contributed by atoms with Crippen LogP contribution in [0, 0.1) is 18.3 Å². The molecule has 4 rings (SSSR count). The Hall–Kier alpha value is -2.85. The highest BCUT2D eigenvalue weighted by Gasteiger charge is 2.63. The van der Waals surface area contributed by atoms with Crippen LogP contribution in [0.5, 0.6) is 0 Å². The summed E-state index contributed by atoms with van der Waals surface area (Å²) >= 11 is 0. The molecule has 8 nitrogen and oxygen atoms in total. The number of halogens is 3. The van der Waals surface area contributed by atoms with E-state index in [9.17, 15) is 18.0 Å². The lowest BCUT2D eigenvalue weighted by Gasteiger charge is -2.36. The van der Waals surface area contributed by atoms with Crippen molar-refractivity contribution < 1.29 is 18.0 Å². The van der Waals surface area contributed by atoms with Gasteiger partial charge in [0.05, 0.1) is 23.9 Å². The van der Waals surface area contributed by atoms with Gasteiger partial charge in [-0.2, -0.15) is 23.3 Å². The van der Waals surface area contributed by atoms with E-state index < -0.39 is 11.6 Å². The van der Waals surface area contributed by atoms with E-state index in [1.165, 1.54) is 4.68 Å². The lowest BCUT2D eigenvalue weighted by molar-refractivity contribution is -0.191. The largest absolute Gasteiger partial charge is 0.396 e. The molecule has 1 amide bonds. The number of aryl methyl sites for hydroxylation is 1. The van der Waals surface area contributed by atoms with Crippen molar-refractivity contribution in [2.75, 3.05) is 22.6 Å². The highest BCUT2D eigenvalue weighted by molar-refractivity contribution is 6.03. The second-order valence-corrected chi connectivity index (χ2v) is 8.80. The monoisotopic (exact) mass is 437 g/mol. The molecule has 2 N–H and O–H groups in total. The molecule has 1 fully saturated rings. The van der Waals surface area contributed by atoms with Crippen LogP contribution in [0.3, 0.4) is 0 Å². The molecular formula is C20H26F3N7O. The zero-order chi connectivity index (χ0) is 22.6. The standard InChI is InChI=1S/C20H26F3N7O/c1-11(2)15-17(31)27-14-12(3)26-18(28-16(14)29(15)4)24-7-13-8-25-30(9-13)10-19(5-6-19)20(21,22)23/h8-9,11,15H,5-7,10H2,1-4H3,(H,27,31)(H,24,26,28)/t15-/m0/s1. The number of hydrogen-bond acceptors (Lipinski definition) is 6. The van der Waals surface area contributed by atoms with Gasteiger partial charge in [0.15, 0.2) is 5.82 Å². The summed E-state index contributed by atoms with van der Waals surface area (Å²) in [6.07, 6.45) is -0.751. The van der Waals surface area contributed by atoms with E-state index in [0.29, 0.717) is 29.7 Å². The summed E-state index contributed by atoms with van der Waals surface area (Å²) in [5, 5.41) is 10.1. The van der Waals surface area contributed by atoms with Crippen molar-refractivity contribution in [1.29, 1.82) is 0 Å². The number of alkyl halides is 3. The molecule has 1 atom stereocenters. The van der Waals surface area contributed by atoms with Gasteiger partial charge in [0, 0.05) is 25.4 Å². The minimum Gasteiger partial charge on any atom is -0.350 e. The molecule has 168 valence electrons. The van der Waals surface area contributed by atoms with Gasteiger partial charge in [-0.3, -0.25) is 9.48 Å². The molecule has 2 aliphatic rings. The topological polar surface area (TPSA) is 88.0 Å². The lowest BCUT2D eigenvalue weighted by Crippen LogP contribution is -2.49. The summed E-state index contributed by atoms with van der Waals surface area (Å²) in [7, 11) is 1.83. The van der Waals surface area contributed by atoms with Crippen LogP contribution in [0.15, 0.2) is 12.4 Å². The van der Waals surface area contributed by atoms with Crippen LogP contribution in [-0.4, -0.2) is 44.9 Å². The Morgan fingerprint density at radius 3 is 2.65 bits per heavy atom. The second kappa shape index (κ2) is 7.38. The molecule has 1 aliphatic carbocycles. The minimum atomic E-state index is -4.21. The van der Waals surface area contributed by atoms with E-state index in [1.54, 1.807) is 19.3 Å². The number of hydrogen-bond donors (Lipinski definition) is 2. The maximum Gasteiger partial charge on any atom is 0.396 e. The number of nitrogens with zero attached hydrogens (tertiary/aromatic N) is 5. The predicted octanol–water partition coefficient (Wildman–Crippen LogP) is 3.35. The van der Waals surface area contributed by atoms with E-state index in [-0.39, 0.29) is 37.3 Å². The van der Waals surface area contributed by atoms with Crippen LogP contribution in [0.4, 0.5) is 30.6 Å². The molecule has 0 spiro atoms. The summed E-state index contributed by atoms with van der Waals surface area (Å²) < 4.78 is 40.9. The fourth-order valence-electron chi connectivity index (χ4n) is 4.05. The third-order valence-corrected chi connectivity index (χ3v) is 6.03. The van der Waals surface area contributed by atoms with Gasteiger partial charge in [-0.25, -0.2) is 4.98 Å². The summed E-state index contributed by atoms with van der Waals surface area (Å²) in [5.41, 5.74) is 0.319. The summed E-state index contributed by atoms with van der Waals surface area (Å²) in [6, 6.07) is -0.337. The van der Waals surface area contributed by atoms with Crippen LogP contribution in [0.2, 0.25) is 0 Å². The number of anilines is 3. The van der Waals surface area contributed by atoms with Gasteiger partial charge in [0.1, 0.15) is 11.7 Å². The number of amides is 1. The van der Waals surface area contributed by atoms with E-state index in [2.05, 4.69) is 25.7 Å². The third kappa shape index (κ3) is 3.92. The average molecular weight is 437 g/mol. The Kier molecular flexibility index (Phi) is 5.09. The van der Waals surface area contributed by atoms with Crippen LogP contribution in [0.25, 0.3) is 0 Å². The first-order valence-corrected chi connectivity index (χ1v) is 10.2. The normalized spacial score (nSPS) is 19.9. The fraction of sp³-hybridized carbons (Fsp3) is 0.600. The van der Waals surface area contributed by atoms with Gasteiger partial charge in [0.25, 0.3) is 0 Å². The summed E-state index contributed by atoms with van der Waals surface area (Å²) in [4.78, 5) is 23.2. The fourth-order valence-corrected chi connectivity index (χ4v) is 4.05. The quantitative estimate of drug-likeness (QED) is 0.721. The van der Waals surface area contributed by atoms with Crippen LogP contribution >= 0.6 is 0 Å². The van der Waals surface area contributed by atoms with E-state index in [4.69, 9.17) is 0 Å². The minimum absolute atomic E-state index is 0.0860. The van der Waals surface area contributed by atoms with Gasteiger partial charge >= 0.3 is 6.18 Å². The molecular weight excluding hydrogens is 411 g/mol. The third-order valence-electron chi connectivity index (χ3n) is 6.03. The predicted molar refractivity (Wildman–Crippen MR) is 110 cm³/mol. The molecule has 2 aromatic rings. The van der Waals surface area contributed by atoms with Crippen molar-refractivity contribution in [3.05, 3.63) is 23.7 Å². The number of carbonyl (C=O) groups is 1. The molecule has 11 heteroatoms. The first-order valence-electron chi connectivity index (χ1n) is 10.2. The molecule has 31 heavy (non-hydrogen) atoms. The smallest absolute Gasteiger partial charge is 0.350 e. The van der Waals surface area contributed by atoms with Crippen LogP contribution in [-0.2, 0) is 17.9 Å². The molecule has 0 saturated heterocycles. The maximum atomic E-state index is 13.2. The Morgan fingerprint density at radius 1 is 1.32 bits per heavy atom. The highest BCUT2D eigenvalue weighted by Crippen LogP contribution is 2.58. The second-order valence-electron chi connectivity index (χ2n) is 8.80. The summed E-state index contributed by atoms with van der Waals surface area (Å²) in [5.74, 6) is 1.02. The van der Waals surface area contributed by atoms with Gasteiger partial charge in [-0.05, 0) is 25.7 Å². The SMILES string of the molecule is Cc1nc(NCc2cnn(CC3(C(F)(F)F)CC3)c2)nc2c1NC(=O)[C@H](C(C)C)N2C. The van der Waals surface area contributed by atoms with Gasteiger partial charge in [-0.15, -0.1) is 0 Å². The number of fused-ring (bicyclic) bond motifs is 1. The molecule has 0 radical (unpaired) electrons. The Labute approximate surface area is 178 Å². The first-order chi connectivity index (χ1) is 14.5. The number of rotatable bonds is 6. The molecule has 3 heterocycles. The number of carbonyl (C=O) groups excluding carboxylic acids is 1. The average Bonchev–Trinajstić information content (AvgIpc) is 3.32. The molecule has 0 aromatic carbocycles. The van der Waals surface area contributed by atoms with Crippen molar-refractivity contribution in [2.24, 2.45) is 11.3 Å². The molecule has 1 saturated carbocycles. The molecule has 0 unspecified atom stereocenters. The lowest BCUT2D eigenvalue weighted by atomic mass is 9.99.